The highest BCUT2D eigenvalue weighted by Gasteiger charge is 2.19. The van der Waals surface area contributed by atoms with E-state index in [0.717, 1.165) is 11.3 Å². The molecule has 2 rings (SSSR count). The SMILES string of the molecule is CC(C)(N)c1ncc2cnccn12. The number of hydrogen-bond acceptors (Lipinski definition) is 3. The van der Waals surface area contributed by atoms with E-state index in [0.29, 0.717) is 0 Å². The van der Waals surface area contributed by atoms with Crippen molar-refractivity contribution in [3.63, 3.8) is 0 Å². The quantitative estimate of drug-likeness (QED) is 0.703. The largest absolute Gasteiger partial charge is 0.319 e. The van der Waals surface area contributed by atoms with Gasteiger partial charge in [-0.15, -0.1) is 0 Å². The molecule has 0 amide bonds. The van der Waals surface area contributed by atoms with Crippen molar-refractivity contribution in [2.24, 2.45) is 5.73 Å². The van der Waals surface area contributed by atoms with Gasteiger partial charge in [-0.25, -0.2) is 4.98 Å². The fraction of sp³-hybridized carbons (Fsp3) is 0.333. The number of hydrogen-bond donors (Lipinski definition) is 1. The van der Waals surface area contributed by atoms with E-state index in [9.17, 15) is 0 Å². The summed E-state index contributed by atoms with van der Waals surface area (Å²) in [5.41, 5.74) is 6.51. The topological polar surface area (TPSA) is 56.2 Å². The van der Waals surface area contributed by atoms with Crippen molar-refractivity contribution in [3.8, 4) is 0 Å². The van der Waals surface area contributed by atoms with Gasteiger partial charge in [0.1, 0.15) is 5.82 Å². The van der Waals surface area contributed by atoms with E-state index in [2.05, 4.69) is 9.97 Å². The Morgan fingerprint density at radius 3 is 2.85 bits per heavy atom. The molecule has 2 heterocycles. The molecule has 13 heavy (non-hydrogen) atoms. The van der Waals surface area contributed by atoms with E-state index in [1.807, 2.05) is 24.4 Å². The third kappa shape index (κ3) is 1.29. The number of imidazole rings is 1. The van der Waals surface area contributed by atoms with Crippen molar-refractivity contribution in [2.45, 2.75) is 19.4 Å². The van der Waals surface area contributed by atoms with Crippen molar-refractivity contribution in [3.05, 3.63) is 30.6 Å². The van der Waals surface area contributed by atoms with Crippen LogP contribution in [0.25, 0.3) is 5.52 Å². The third-order valence-corrected chi connectivity index (χ3v) is 1.91. The lowest BCUT2D eigenvalue weighted by Gasteiger charge is -2.16. The number of nitrogens with zero attached hydrogens (tertiary/aromatic N) is 3. The lowest BCUT2D eigenvalue weighted by molar-refractivity contribution is 0.511. The minimum absolute atomic E-state index is 0.423. The van der Waals surface area contributed by atoms with Crippen LogP contribution >= 0.6 is 0 Å². The molecule has 0 radical (unpaired) electrons. The highest BCUT2D eigenvalue weighted by atomic mass is 15.1. The summed E-state index contributed by atoms with van der Waals surface area (Å²) in [6.07, 6.45) is 7.13. The summed E-state index contributed by atoms with van der Waals surface area (Å²) in [4.78, 5) is 8.27. The van der Waals surface area contributed by atoms with Gasteiger partial charge >= 0.3 is 0 Å². The average molecular weight is 176 g/mol. The van der Waals surface area contributed by atoms with Crippen LogP contribution in [-0.4, -0.2) is 14.4 Å². The van der Waals surface area contributed by atoms with Crippen molar-refractivity contribution < 1.29 is 0 Å². The second-order valence-electron chi connectivity index (χ2n) is 3.67. The first-order chi connectivity index (χ1) is 6.09. The van der Waals surface area contributed by atoms with Crippen molar-refractivity contribution >= 4 is 5.52 Å². The van der Waals surface area contributed by atoms with Gasteiger partial charge in [0, 0.05) is 12.4 Å². The molecular weight excluding hydrogens is 164 g/mol. The second kappa shape index (κ2) is 2.53. The molecule has 68 valence electrons. The zero-order valence-corrected chi connectivity index (χ0v) is 7.73. The van der Waals surface area contributed by atoms with Crippen molar-refractivity contribution in [1.82, 2.24) is 14.4 Å². The minimum atomic E-state index is -0.423. The average Bonchev–Trinajstić information content (AvgIpc) is 2.45. The predicted octanol–water partition coefficient (Wildman–Crippen LogP) is 0.923. The number of rotatable bonds is 1. The molecule has 2 aromatic heterocycles. The smallest absolute Gasteiger partial charge is 0.132 e. The molecule has 0 aliphatic carbocycles. The summed E-state index contributed by atoms with van der Waals surface area (Å²) in [5, 5.41) is 0. The lowest BCUT2D eigenvalue weighted by Crippen LogP contribution is -2.31. The standard InChI is InChI=1S/C9H12N4/c1-9(2,10)8-12-6-7-5-11-3-4-13(7)8/h3-6H,10H2,1-2H3. The summed E-state index contributed by atoms with van der Waals surface area (Å²) in [6, 6.07) is 0. The molecule has 0 aliphatic rings. The van der Waals surface area contributed by atoms with Gasteiger partial charge in [-0.2, -0.15) is 0 Å². The van der Waals surface area contributed by atoms with Gasteiger partial charge < -0.3 is 5.73 Å². The molecule has 2 N–H and O–H groups in total. The zero-order chi connectivity index (χ0) is 9.47. The molecular formula is C9H12N4. The Balaban J connectivity index is 2.72. The Bertz CT molecular complexity index is 424. The summed E-state index contributed by atoms with van der Waals surface area (Å²) in [7, 11) is 0. The van der Waals surface area contributed by atoms with Gasteiger partial charge in [0.15, 0.2) is 0 Å². The maximum absolute atomic E-state index is 5.96. The molecule has 0 spiro atoms. The van der Waals surface area contributed by atoms with Gasteiger partial charge in [0.05, 0.1) is 23.4 Å². The summed E-state index contributed by atoms with van der Waals surface area (Å²) in [5.74, 6) is 0.852. The molecule has 0 unspecified atom stereocenters. The first-order valence-corrected chi connectivity index (χ1v) is 4.15. The van der Waals surface area contributed by atoms with Crippen LogP contribution in [0.2, 0.25) is 0 Å². The maximum Gasteiger partial charge on any atom is 0.132 e. The van der Waals surface area contributed by atoms with E-state index in [1.54, 1.807) is 18.6 Å². The predicted molar refractivity (Wildman–Crippen MR) is 50.2 cm³/mol. The zero-order valence-electron chi connectivity index (χ0n) is 7.73. The highest BCUT2D eigenvalue weighted by molar-refractivity contribution is 5.43. The fourth-order valence-corrected chi connectivity index (χ4v) is 1.33. The van der Waals surface area contributed by atoms with E-state index in [1.165, 1.54) is 0 Å². The fourth-order valence-electron chi connectivity index (χ4n) is 1.33. The highest BCUT2D eigenvalue weighted by Crippen LogP contribution is 2.16. The van der Waals surface area contributed by atoms with Crippen LogP contribution in [0.15, 0.2) is 24.8 Å². The van der Waals surface area contributed by atoms with Crippen LogP contribution in [0, 0.1) is 0 Å². The van der Waals surface area contributed by atoms with E-state index < -0.39 is 5.54 Å². The summed E-state index contributed by atoms with van der Waals surface area (Å²) < 4.78 is 1.95. The van der Waals surface area contributed by atoms with Gasteiger partial charge in [0.2, 0.25) is 0 Å². The van der Waals surface area contributed by atoms with Crippen LogP contribution in [0.4, 0.5) is 0 Å². The molecule has 2 aromatic rings. The summed E-state index contributed by atoms with van der Waals surface area (Å²) >= 11 is 0. The second-order valence-corrected chi connectivity index (χ2v) is 3.67. The molecule has 0 atom stereocenters. The van der Waals surface area contributed by atoms with Gasteiger partial charge in [0.25, 0.3) is 0 Å². The lowest BCUT2D eigenvalue weighted by atomic mass is 10.1. The first kappa shape index (κ1) is 8.19. The Morgan fingerprint density at radius 1 is 1.38 bits per heavy atom. The van der Waals surface area contributed by atoms with Crippen LogP contribution in [0.5, 0.6) is 0 Å². The van der Waals surface area contributed by atoms with Crippen LogP contribution < -0.4 is 5.73 Å². The van der Waals surface area contributed by atoms with Crippen LogP contribution in [0.1, 0.15) is 19.7 Å². The Kier molecular flexibility index (Phi) is 1.60. The molecule has 0 fully saturated rings. The van der Waals surface area contributed by atoms with Crippen LogP contribution in [0.3, 0.4) is 0 Å². The Morgan fingerprint density at radius 2 is 2.15 bits per heavy atom. The molecule has 0 aliphatic heterocycles. The van der Waals surface area contributed by atoms with Gasteiger partial charge in [-0.05, 0) is 13.8 Å². The summed E-state index contributed by atoms with van der Waals surface area (Å²) in [6.45, 7) is 3.87. The van der Waals surface area contributed by atoms with Gasteiger partial charge in [-0.1, -0.05) is 0 Å². The van der Waals surface area contributed by atoms with Crippen molar-refractivity contribution in [1.29, 1.82) is 0 Å². The molecule has 0 aromatic carbocycles. The number of aromatic nitrogens is 3. The van der Waals surface area contributed by atoms with Crippen molar-refractivity contribution in [2.75, 3.05) is 0 Å². The van der Waals surface area contributed by atoms with Gasteiger partial charge in [-0.3, -0.25) is 9.38 Å². The monoisotopic (exact) mass is 176 g/mol. The van der Waals surface area contributed by atoms with Crippen LogP contribution in [-0.2, 0) is 5.54 Å². The molecule has 0 bridgehead atoms. The number of fused-ring (bicyclic) bond motifs is 1. The van der Waals surface area contributed by atoms with E-state index in [4.69, 9.17) is 5.73 Å². The molecule has 0 saturated carbocycles. The van der Waals surface area contributed by atoms with E-state index in [-0.39, 0.29) is 0 Å². The Labute approximate surface area is 76.4 Å². The maximum atomic E-state index is 5.96. The Hall–Kier alpha value is -1.42. The molecule has 4 heteroatoms. The normalized spacial score (nSPS) is 12.2. The first-order valence-electron chi connectivity index (χ1n) is 4.15. The molecule has 0 saturated heterocycles. The third-order valence-electron chi connectivity index (χ3n) is 1.91. The molecule has 4 nitrogen and oxygen atoms in total. The minimum Gasteiger partial charge on any atom is -0.319 e. The number of nitrogens with two attached hydrogens (primary N) is 1. The van der Waals surface area contributed by atoms with E-state index >= 15 is 0 Å².